The molecule has 2 N–H and O–H groups in total. The van der Waals surface area contributed by atoms with Crippen molar-refractivity contribution in [3.8, 4) is 11.4 Å². The second-order valence-corrected chi connectivity index (χ2v) is 6.08. The Morgan fingerprint density at radius 3 is 3.08 bits per heavy atom. The van der Waals surface area contributed by atoms with Gasteiger partial charge in [0, 0.05) is 29.5 Å². The smallest absolute Gasteiger partial charge is 0.408 e. The zero-order chi connectivity index (χ0) is 17.2. The van der Waals surface area contributed by atoms with E-state index < -0.39 is 5.76 Å². The standard InChI is InChI=1S/C16H12N4O4S/c21-13(17-10-1-2-12-11(7-10)18-16(22)23-12)3-4-14-19-15(20-24-14)9-5-6-25-8-9/h1-2,5-8H,3-4H2,(H,17,21)(H,18,22). The second-order valence-electron chi connectivity index (χ2n) is 5.30. The van der Waals surface area contributed by atoms with Gasteiger partial charge in [0.05, 0.1) is 5.52 Å². The number of hydrogen-bond acceptors (Lipinski definition) is 7. The molecule has 1 aromatic carbocycles. The van der Waals surface area contributed by atoms with Crippen LogP contribution in [0.4, 0.5) is 5.69 Å². The number of nitrogens with one attached hydrogen (secondary N) is 2. The third-order valence-electron chi connectivity index (χ3n) is 3.52. The summed E-state index contributed by atoms with van der Waals surface area (Å²) < 4.78 is 10.1. The molecule has 0 aliphatic heterocycles. The van der Waals surface area contributed by atoms with Gasteiger partial charge in [-0.3, -0.25) is 9.78 Å². The summed E-state index contributed by atoms with van der Waals surface area (Å²) in [5, 5.41) is 10.5. The van der Waals surface area contributed by atoms with E-state index in [9.17, 15) is 9.59 Å². The molecule has 0 saturated carbocycles. The number of amides is 1. The summed E-state index contributed by atoms with van der Waals surface area (Å²) in [4.78, 5) is 30.0. The lowest BCUT2D eigenvalue weighted by Gasteiger charge is -2.03. The van der Waals surface area contributed by atoms with Crippen molar-refractivity contribution in [1.29, 1.82) is 0 Å². The number of H-pyrrole nitrogens is 1. The van der Waals surface area contributed by atoms with Crippen molar-refractivity contribution in [3.05, 3.63) is 51.5 Å². The number of fused-ring (bicyclic) bond motifs is 1. The molecular weight excluding hydrogens is 344 g/mol. The molecule has 0 saturated heterocycles. The van der Waals surface area contributed by atoms with Gasteiger partial charge >= 0.3 is 5.76 Å². The van der Waals surface area contributed by atoms with E-state index in [1.54, 1.807) is 29.5 Å². The van der Waals surface area contributed by atoms with Gasteiger partial charge in [-0.25, -0.2) is 4.79 Å². The lowest BCUT2D eigenvalue weighted by Crippen LogP contribution is -2.12. The van der Waals surface area contributed by atoms with E-state index in [-0.39, 0.29) is 12.3 Å². The van der Waals surface area contributed by atoms with E-state index in [0.29, 0.717) is 34.9 Å². The fraction of sp³-hybridized carbons (Fsp3) is 0.125. The van der Waals surface area contributed by atoms with Crippen LogP contribution in [-0.2, 0) is 11.2 Å². The fourth-order valence-corrected chi connectivity index (χ4v) is 2.97. The van der Waals surface area contributed by atoms with E-state index in [1.807, 2.05) is 16.8 Å². The zero-order valence-corrected chi connectivity index (χ0v) is 13.6. The molecule has 4 rings (SSSR count). The SMILES string of the molecule is O=C(CCc1nc(-c2ccsc2)no1)Nc1ccc2oc(=O)[nH]c2c1. The maximum atomic E-state index is 12.1. The van der Waals surface area contributed by atoms with Crippen LogP contribution in [0.25, 0.3) is 22.5 Å². The largest absolute Gasteiger partial charge is 0.417 e. The predicted molar refractivity (Wildman–Crippen MR) is 91.4 cm³/mol. The monoisotopic (exact) mass is 356 g/mol. The maximum absolute atomic E-state index is 12.1. The fourth-order valence-electron chi connectivity index (χ4n) is 2.34. The molecule has 0 atom stereocenters. The number of rotatable bonds is 5. The van der Waals surface area contributed by atoms with E-state index in [4.69, 9.17) is 8.94 Å². The first-order valence-electron chi connectivity index (χ1n) is 7.45. The summed E-state index contributed by atoms with van der Waals surface area (Å²) in [7, 11) is 0. The Morgan fingerprint density at radius 1 is 1.32 bits per heavy atom. The predicted octanol–water partition coefficient (Wildman–Crippen LogP) is 2.80. The van der Waals surface area contributed by atoms with Gasteiger partial charge < -0.3 is 14.3 Å². The van der Waals surface area contributed by atoms with E-state index in [0.717, 1.165) is 5.56 Å². The minimum Gasteiger partial charge on any atom is -0.408 e. The van der Waals surface area contributed by atoms with Crippen molar-refractivity contribution < 1.29 is 13.7 Å². The van der Waals surface area contributed by atoms with E-state index >= 15 is 0 Å². The summed E-state index contributed by atoms with van der Waals surface area (Å²) >= 11 is 1.55. The van der Waals surface area contributed by atoms with Crippen molar-refractivity contribution in [2.24, 2.45) is 0 Å². The molecule has 25 heavy (non-hydrogen) atoms. The molecular formula is C16H12N4O4S. The van der Waals surface area contributed by atoms with Crippen LogP contribution in [0.15, 0.2) is 48.8 Å². The summed E-state index contributed by atoms with van der Waals surface area (Å²) in [5.41, 5.74) is 2.43. The minimum atomic E-state index is -0.531. The molecule has 3 aromatic heterocycles. The van der Waals surface area contributed by atoms with Crippen LogP contribution in [0, 0.1) is 0 Å². The van der Waals surface area contributed by atoms with Crippen molar-refractivity contribution in [3.63, 3.8) is 0 Å². The van der Waals surface area contributed by atoms with Crippen LogP contribution in [0.2, 0.25) is 0 Å². The molecule has 0 fully saturated rings. The highest BCUT2D eigenvalue weighted by atomic mass is 32.1. The Bertz CT molecular complexity index is 1080. The summed E-state index contributed by atoms with van der Waals surface area (Å²) in [6.45, 7) is 0. The Hall–Kier alpha value is -3.20. The van der Waals surface area contributed by atoms with Gasteiger partial charge in [0.15, 0.2) is 5.58 Å². The van der Waals surface area contributed by atoms with Gasteiger partial charge in [-0.2, -0.15) is 16.3 Å². The number of aromatic amines is 1. The average molecular weight is 356 g/mol. The van der Waals surface area contributed by atoms with E-state index in [2.05, 4.69) is 20.4 Å². The Morgan fingerprint density at radius 2 is 2.24 bits per heavy atom. The first-order chi connectivity index (χ1) is 12.2. The highest BCUT2D eigenvalue weighted by Crippen LogP contribution is 2.19. The van der Waals surface area contributed by atoms with Crippen molar-refractivity contribution >= 4 is 34.0 Å². The molecule has 0 radical (unpaired) electrons. The maximum Gasteiger partial charge on any atom is 0.417 e. The number of carbonyl (C=O) groups excluding carboxylic acids is 1. The average Bonchev–Trinajstić information content (AvgIpc) is 3.32. The first-order valence-corrected chi connectivity index (χ1v) is 8.39. The van der Waals surface area contributed by atoms with Gasteiger partial charge in [0.1, 0.15) is 0 Å². The summed E-state index contributed by atoms with van der Waals surface area (Å²) in [5.74, 6) is 0.203. The molecule has 3 heterocycles. The minimum absolute atomic E-state index is 0.194. The Labute approximate surface area is 144 Å². The number of hydrogen-bond donors (Lipinski definition) is 2. The zero-order valence-electron chi connectivity index (χ0n) is 12.8. The quantitative estimate of drug-likeness (QED) is 0.568. The molecule has 4 aromatic rings. The van der Waals surface area contributed by atoms with Crippen molar-refractivity contribution in [1.82, 2.24) is 15.1 Å². The number of aromatic nitrogens is 3. The van der Waals surface area contributed by atoms with Crippen LogP contribution in [0.5, 0.6) is 0 Å². The molecule has 0 unspecified atom stereocenters. The normalized spacial score (nSPS) is 11.0. The molecule has 0 bridgehead atoms. The number of nitrogens with zero attached hydrogens (tertiary/aromatic N) is 2. The first kappa shape index (κ1) is 15.3. The Balaban J connectivity index is 1.37. The van der Waals surface area contributed by atoms with Gasteiger partial charge in [-0.05, 0) is 29.6 Å². The lowest BCUT2D eigenvalue weighted by molar-refractivity contribution is -0.116. The molecule has 0 aliphatic carbocycles. The number of anilines is 1. The molecule has 0 aliphatic rings. The van der Waals surface area contributed by atoms with Crippen LogP contribution in [0.3, 0.4) is 0 Å². The highest BCUT2D eigenvalue weighted by molar-refractivity contribution is 7.08. The number of carbonyl (C=O) groups is 1. The second kappa shape index (κ2) is 6.36. The van der Waals surface area contributed by atoms with E-state index in [1.165, 1.54) is 0 Å². The molecule has 1 amide bonds. The van der Waals surface area contributed by atoms with Crippen LogP contribution in [0.1, 0.15) is 12.3 Å². The number of benzene rings is 1. The lowest BCUT2D eigenvalue weighted by atomic mass is 10.2. The van der Waals surface area contributed by atoms with Gasteiger partial charge in [0.25, 0.3) is 0 Å². The van der Waals surface area contributed by atoms with Gasteiger partial charge in [-0.1, -0.05) is 5.16 Å². The Kier molecular flexibility index (Phi) is 3.90. The van der Waals surface area contributed by atoms with Gasteiger partial charge in [-0.15, -0.1) is 0 Å². The van der Waals surface area contributed by atoms with Gasteiger partial charge in [0.2, 0.25) is 17.6 Å². The van der Waals surface area contributed by atoms with Crippen LogP contribution < -0.4 is 11.1 Å². The van der Waals surface area contributed by atoms with Crippen molar-refractivity contribution in [2.75, 3.05) is 5.32 Å². The number of thiophene rings is 1. The molecule has 126 valence electrons. The molecule has 9 heteroatoms. The third-order valence-corrected chi connectivity index (χ3v) is 4.20. The third kappa shape index (κ3) is 3.36. The van der Waals surface area contributed by atoms with Crippen LogP contribution >= 0.6 is 11.3 Å². The summed E-state index contributed by atoms with van der Waals surface area (Å²) in [6.07, 6.45) is 0.541. The molecule has 8 nitrogen and oxygen atoms in total. The van der Waals surface area contributed by atoms with Crippen molar-refractivity contribution in [2.45, 2.75) is 12.8 Å². The highest BCUT2D eigenvalue weighted by Gasteiger charge is 2.11. The van der Waals surface area contributed by atoms with Crippen LogP contribution in [-0.4, -0.2) is 21.0 Å². The summed E-state index contributed by atoms with van der Waals surface area (Å²) in [6, 6.07) is 6.83. The number of aryl methyl sites for hydroxylation is 1. The molecule has 0 spiro atoms. The topological polar surface area (TPSA) is 114 Å². The number of oxazole rings is 1.